The molecule has 0 bridgehead atoms. The van der Waals surface area contributed by atoms with E-state index in [0.29, 0.717) is 34.5 Å². The van der Waals surface area contributed by atoms with Gasteiger partial charge < -0.3 is 10.7 Å². The summed E-state index contributed by atoms with van der Waals surface area (Å²) in [5.41, 5.74) is 10.5. The van der Waals surface area contributed by atoms with E-state index in [1.54, 1.807) is 4.40 Å². The molecule has 0 amide bonds. The number of benzene rings is 1. The number of hydrogen-bond acceptors (Lipinski definition) is 2. The molecular formula is C29H40ClN3O. The Hall–Kier alpha value is -2.20. The van der Waals surface area contributed by atoms with Crippen LogP contribution in [0.2, 0.25) is 5.02 Å². The summed E-state index contributed by atoms with van der Waals surface area (Å²) in [6.45, 7) is 16.8. The van der Waals surface area contributed by atoms with Gasteiger partial charge in [0.25, 0.3) is 5.56 Å². The SMILES string of the molecule is CC1CC(C(C)(C)C)C(Cc2c(-c3ccc(Cl)cc3)cn3c(=O)cc(N)[nH]c23)C(C(C)(C)C)C1. The Morgan fingerprint density at radius 2 is 1.59 bits per heavy atom. The highest BCUT2D eigenvalue weighted by Gasteiger charge is 2.46. The number of halogens is 1. The molecule has 0 spiro atoms. The van der Waals surface area contributed by atoms with Gasteiger partial charge in [0, 0.05) is 28.4 Å². The summed E-state index contributed by atoms with van der Waals surface area (Å²) in [5.74, 6) is 2.78. The number of aromatic nitrogens is 2. The van der Waals surface area contributed by atoms with Gasteiger partial charge in [-0.25, -0.2) is 0 Å². The number of nitrogens with one attached hydrogen (secondary N) is 1. The lowest BCUT2D eigenvalue weighted by atomic mass is 9.54. The van der Waals surface area contributed by atoms with Gasteiger partial charge in [-0.3, -0.25) is 9.20 Å². The maximum Gasteiger partial charge on any atom is 0.259 e. The summed E-state index contributed by atoms with van der Waals surface area (Å²) in [6, 6.07) is 9.37. The van der Waals surface area contributed by atoms with Gasteiger partial charge in [0.1, 0.15) is 11.5 Å². The smallest absolute Gasteiger partial charge is 0.259 e. The number of hydrogen-bond donors (Lipinski definition) is 2. The quantitative estimate of drug-likeness (QED) is 0.408. The van der Waals surface area contributed by atoms with Gasteiger partial charge in [0.2, 0.25) is 0 Å². The molecule has 2 aromatic heterocycles. The number of nitrogen functional groups attached to an aromatic ring is 1. The van der Waals surface area contributed by atoms with E-state index < -0.39 is 0 Å². The van der Waals surface area contributed by atoms with E-state index in [9.17, 15) is 4.79 Å². The first kappa shape index (κ1) is 24.9. The first-order chi connectivity index (χ1) is 15.8. The number of fused-ring (bicyclic) bond motifs is 1. The zero-order valence-electron chi connectivity index (χ0n) is 21.7. The summed E-state index contributed by atoms with van der Waals surface area (Å²) in [4.78, 5) is 16.2. The molecule has 1 fully saturated rings. The second-order valence-electron chi connectivity index (χ2n) is 12.7. The molecule has 34 heavy (non-hydrogen) atoms. The molecular weight excluding hydrogens is 442 g/mol. The molecule has 0 radical (unpaired) electrons. The minimum atomic E-state index is -0.107. The van der Waals surface area contributed by atoms with Crippen LogP contribution in [0.5, 0.6) is 0 Å². The molecule has 4 rings (SSSR count). The first-order valence-electron chi connectivity index (χ1n) is 12.5. The van der Waals surface area contributed by atoms with Crippen LogP contribution in [0.25, 0.3) is 16.8 Å². The minimum absolute atomic E-state index is 0.107. The van der Waals surface area contributed by atoms with Gasteiger partial charge in [-0.15, -0.1) is 0 Å². The van der Waals surface area contributed by atoms with Crippen LogP contribution in [0, 0.1) is 34.5 Å². The van der Waals surface area contributed by atoms with Gasteiger partial charge in [-0.1, -0.05) is 72.2 Å². The lowest BCUT2D eigenvalue weighted by Crippen LogP contribution is -2.44. The fourth-order valence-corrected chi connectivity index (χ4v) is 6.55. The van der Waals surface area contributed by atoms with Crippen LogP contribution in [0.4, 0.5) is 5.82 Å². The standard InChI is InChI=1S/C29H40ClN3O/c1-17-12-23(28(2,3)4)21(24(13-17)29(5,6)7)14-20-22(18-8-10-19(30)11-9-18)16-33-26(34)15-25(31)32-27(20)33/h8-11,15-17,21,23-24,32H,12-14,31H2,1-7H3. The van der Waals surface area contributed by atoms with Crippen LogP contribution >= 0.6 is 11.6 Å². The second-order valence-corrected chi connectivity index (χ2v) is 13.1. The maximum absolute atomic E-state index is 12.9. The van der Waals surface area contributed by atoms with Crippen molar-refractivity contribution in [3.63, 3.8) is 0 Å². The van der Waals surface area contributed by atoms with Gasteiger partial charge in [-0.05, 0) is 71.5 Å². The third-order valence-corrected chi connectivity index (χ3v) is 8.31. The van der Waals surface area contributed by atoms with Crippen LogP contribution in [0.15, 0.2) is 41.3 Å². The van der Waals surface area contributed by atoms with Crippen LogP contribution in [-0.2, 0) is 6.42 Å². The van der Waals surface area contributed by atoms with Crippen molar-refractivity contribution >= 4 is 23.1 Å². The second kappa shape index (κ2) is 8.78. The number of nitrogens with two attached hydrogens (primary N) is 1. The Balaban J connectivity index is 1.93. The molecule has 1 saturated carbocycles. The zero-order chi connectivity index (χ0) is 25.0. The van der Waals surface area contributed by atoms with E-state index in [1.165, 1.54) is 24.5 Å². The van der Waals surface area contributed by atoms with Crippen molar-refractivity contribution in [2.24, 2.45) is 34.5 Å². The lowest BCUT2D eigenvalue weighted by molar-refractivity contribution is -0.0137. The Labute approximate surface area is 208 Å². The number of rotatable bonds is 3. The monoisotopic (exact) mass is 481 g/mol. The Morgan fingerprint density at radius 3 is 2.12 bits per heavy atom. The van der Waals surface area contributed by atoms with Crippen molar-refractivity contribution in [2.75, 3.05) is 5.73 Å². The maximum atomic E-state index is 12.9. The molecule has 5 heteroatoms. The van der Waals surface area contributed by atoms with Crippen molar-refractivity contribution in [1.82, 2.24) is 9.38 Å². The first-order valence-corrected chi connectivity index (χ1v) is 12.9. The van der Waals surface area contributed by atoms with Gasteiger partial charge in [-0.2, -0.15) is 0 Å². The highest BCUT2D eigenvalue weighted by atomic mass is 35.5. The largest absolute Gasteiger partial charge is 0.385 e. The molecule has 0 saturated heterocycles. The summed E-state index contributed by atoms with van der Waals surface area (Å²) < 4.78 is 1.72. The molecule has 184 valence electrons. The van der Waals surface area contributed by atoms with Crippen molar-refractivity contribution in [1.29, 1.82) is 0 Å². The molecule has 1 aromatic carbocycles. The predicted molar refractivity (Wildman–Crippen MR) is 144 cm³/mol. The predicted octanol–water partition coefficient (Wildman–Crippen LogP) is 7.44. The Morgan fingerprint density at radius 1 is 1.03 bits per heavy atom. The summed E-state index contributed by atoms with van der Waals surface area (Å²) in [6.07, 6.45) is 5.35. The van der Waals surface area contributed by atoms with Crippen molar-refractivity contribution in [3.8, 4) is 11.1 Å². The average molecular weight is 482 g/mol. The molecule has 4 nitrogen and oxygen atoms in total. The Bertz CT molecular complexity index is 1200. The summed E-state index contributed by atoms with van der Waals surface area (Å²) in [5, 5.41) is 0.705. The lowest BCUT2D eigenvalue weighted by Gasteiger charge is -2.51. The van der Waals surface area contributed by atoms with E-state index in [1.807, 2.05) is 30.5 Å². The van der Waals surface area contributed by atoms with Gasteiger partial charge >= 0.3 is 0 Å². The van der Waals surface area contributed by atoms with Crippen molar-refractivity contribution in [2.45, 2.75) is 67.7 Å². The normalized spacial score (nSPS) is 24.0. The number of nitrogens with zero attached hydrogens (tertiary/aromatic N) is 1. The van der Waals surface area contributed by atoms with E-state index in [0.717, 1.165) is 23.2 Å². The minimum Gasteiger partial charge on any atom is -0.385 e. The van der Waals surface area contributed by atoms with Crippen LogP contribution < -0.4 is 11.3 Å². The highest BCUT2D eigenvalue weighted by molar-refractivity contribution is 6.30. The molecule has 3 N–H and O–H groups in total. The van der Waals surface area contributed by atoms with E-state index in [4.69, 9.17) is 17.3 Å². The number of aromatic amines is 1. The van der Waals surface area contributed by atoms with Crippen molar-refractivity contribution < 1.29 is 0 Å². The number of anilines is 1. The average Bonchev–Trinajstić information content (AvgIpc) is 3.06. The van der Waals surface area contributed by atoms with E-state index in [2.05, 4.69) is 53.5 Å². The van der Waals surface area contributed by atoms with Crippen LogP contribution in [0.3, 0.4) is 0 Å². The fraction of sp³-hybridized carbons (Fsp3) is 0.552. The van der Waals surface area contributed by atoms with Crippen LogP contribution in [-0.4, -0.2) is 9.38 Å². The third kappa shape index (κ3) is 4.79. The van der Waals surface area contributed by atoms with Crippen molar-refractivity contribution in [3.05, 3.63) is 57.5 Å². The molecule has 2 atom stereocenters. The van der Waals surface area contributed by atoms with E-state index in [-0.39, 0.29) is 16.4 Å². The topological polar surface area (TPSA) is 63.3 Å². The van der Waals surface area contributed by atoms with Gasteiger partial charge in [0.15, 0.2) is 0 Å². The molecule has 2 heterocycles. The summed E-state index contributed by atoms with van der Waals surface area (Å²) in [7, 11) is 0. The number of H-pyrrole nitrogens is 1. The molecule has 3 aromatic rings. The molecule has 2 unspecified atom stereocenters. The molecule has 1 aliphatic rings. The Kier molecular flexibility index (Phi) is 6.44. The third-order valence-electron chi connectivity index (χ3n) is 8.06. The van der Waals surface area contributed by atoms with Crippen LogP contribution in [0.1, 0.15) is 66.9 Å². The summed E-state index contributed by atoms with van der Waals surface area (Å²) >= 11 is 6.19. The molecule has 0 aliphatic heterocycles. The molecule has 1 aliphatic carbocycles. The van der Waals surface area contributed by atoms with E-state index >= 15 is 0 Å². The highest BCUT2D eigenvalue weighted by Crippen LogP contribution is 2.53. The fourth-order valence-electron chi connectivity index (χ4n) is 6.42. The van der Waals surface area contributed by atoms with Gasteiger partial charge in [0.05, 0.1) is 0 Å². The zero-order valence-corrected chi connectivity index (χ0v) is 22.5.